The molecule has 0 amide bonds. The van der Waals surface area contributed by atoms with Gasteiger partial charge in [0.05, 0.1) is 6.20 Å². The quantitative estimate of drug-likeness (QED) is 0.722. The average Bonchev–Trinajstić information content (AvgIpc) is 3.01. The van der Waals surface area contributed by atoms with Gasteiger partial charge in [-0.1, -0.05) is 54.2 Å². The molecule has 0 fully saturated rings. The van der Waals surface area contributed by atoms with Crippen LogP contribution in [0.2, 0.25) is 0 Å². The van der Waals surface area contributed by atoms with Gasteiger partial charge in [-0.3, -0.25) is 0 Å². The number of fused-ring (bicyclic) bond motifs is 1. The lowest BCUT2D eigenvalue weighted by Gasteiger charge is -2.17. The Kier molecular flexibility index (Phi) is 4.04. The van der Waals surface area contributed by atoms with Crippen molar-refractivity contribution < 1.29 is 4.42 Å². The Morgan fingerprint density at radius 2 is 2.05 bits per heavy atom. The summed E-state index contributed by atoms with van der Waals surface area (Å²) in [5.74, 6) is 0.880. The summed E-state index contributed by atoms with van der Waals surface area (Å²) >= 11 is 1.62. The van der Waals surface area contributed by atoms with E-state index in [0.29, 0.717) is 5.22 Å². The second-order valence-electron chi connectivity index (χ2n) is 4.52. The highest BCUT2D eigenvalue weighted by atomic mass is 32.2. The van der Waals surface area contributed by atoms with Crippen LogP contribution in [-0.4, -0.2) is 17.8 Å². The summed E-state index contributed by atoms with van der Waals surface area (Å²) in [5, 5.41) is 6.66. The van der Waals surface area contributed by atoms with Gasteiger partial charge in [0.1, 0.15) is 6.26 Å². The van der Waals surface area contributed by atoms with Gasteiger partial charge < -0.3 is 9.73 Å². The minimum atomic E-state index is 0.262. The van der Waals surface area contributed by atoms with E-state index in [-0.39, 0.29) is 6.04 Å². The molecular formula is C16H16N2OS. The lowest BCUT2D eigenvalue weighted by Crippen LogP contribution is -2.19. The summed E-state index contributed by atoms with van der Waals surface area (Å²) in [4.78, 5) is 4.15. The van der Waals surface area contributed by atoms with Crippen molar-refractivity contribution in [2.75, 3.05) is 12.8 Å². The van der Waals surface area contributed by atoms with E-state index in [1.54, 1.807) is 24.2 Å². The summed E-state index contributed by atoms with van der Waals surface area (Å²) in [5.41, 5.74) is 1.31. The van der Waals surface area contributed by atoms with Crippen molar-refractivity contribution in [1.29, 1.82) is 0 Å². The molecule has 0 saturated heterocycles. The van der Waals surface area contributed by atoms with E-state index in [0.717, 1.165) is 5.75 Å². The van der Waals surface area contributed by atoms with E-state index >= 15 is 0 Å². The molecule has 0 saturated carbocycles. The van der Waals surface area contributed by atoms with Gasteiger partial charge in [0, 0.05) is 11.8 Å². The van der Waals surface area contributed by atoms with Crippen LogP contribution in [0, 0.1) is 0 Å². The monoisotopic (exact) mass is 284 g/mol. The second kappa shape index (κ2) is 6.11. The fourth-order valence-electron chi connectivity index (χ4n) is 2.32. The number of nitrogens with one attached hydrogen (secondary N) is 1. The summed E-state index contributed by atoms with van der Waals surface area (Å²) < 4.78 is 5.28. The van der Waals surface area contributed by atoms with Gasteiger partial charge in [0.2, 0.25) is 0 Å². The topological polar surface area (TPSA) is 38.1 Å². The SMILES string of the molecule is CNC(CSc1ncco1)c1cccc2ccccc12. The van der Waals surface area contributed by atoms with Crippen LogP contribution in [0.1, 0.15) is 11.6 Å². The van der Waals surface area contributed by atoms with Crippen LogP contribution in [-0.2, 0) is 0 Å². The zero-order chi connectivity index (χ0) is 13.8. The van der Waals surface area contributed by atoms with E-state index in [2.05, 4.69) is 52.8 Å². The molecule has 0 spiro atoms. The minimum Gasteiger partial charge on any atom is -0.440 e. The zero-order valence-corrected chi connectivity index (χ0v) is 12.1. The smallest absolute Gasteiger partial charge is 0.255 e. The number of oxazole rings is 1. The van der Waals surface area contributed by atoms with Crippen LogP contribution in [0.4, 0.5) is 0 Å². The summed E-state index contributed by atoms with van der Waals surface area (Å²) in [6.07, 6.45) is 3.28. The molecule has 1 N–H and O–H groups in total. The van der Waals surface area contributed by atoms with Crippen molar-refractivity contribution in [2.45, 2.75) is 11.3 Å². The highest BCUT2D eigenvalue weighted by Gasteiger charge is 2.13. The molecule has 1 heterocycles. The molecule has 1 aromatic heterocycles. The van der Waals surface area contributed by atoms with Crippen molar-refractivity contribution in [3.63, 3.8) is 0 Å². The van der Waals surface area contributed by atoms with Crippen LogP contribution < -0.4 is 5.32 Å². The molecule has 3 nitrogen and oxygen atoms in total. The Morgan fingerprint density at radius 3 is 2.85 bits per heavy atom. The first kappa shape index (κ1) is 13.2. The molecule has 20 heavy (non-hydrogen) atoms. The molecular weight excluding hydrogens is 268 g/mol. The van der Waals surface area contributed by atoms with E-state index in [4.69, 9.17) is 4.42 Å². The van der Waals surface area contributed by atoms with Crippen molar-refractivity contribution in [3.05, 3.63) is 60.5 Å². The first-order chi connectivity index (χ1) is 9.88. The Morgan fingerprint density at radius 1 is 1.20 bits per heavy atom. The molecule has 4 heteroatoms. The number of benzene rings is 2. The molecule has 3 aromatic rings. The standard InChI is InChI=1S/C16H16N2OS/c1-17-15(11-20-16-18-9-10-19-16)14-8-4-6-12-5-2-3-7-13(12)14/h2-10,15,17H,11H2,1H3. The minimum absolute atomic E-state index is 0.262. The molecule has 3 rings (SSSR count). The molecule has 0 aliphatic heterocycles. The van der Waals surface area contributed by atoms with Gasteiger partial charge in [-0.25, -0.2) is 4.98 Å². The molecule has 0 aliphatic rings. The first-order valence-electron chi connectivity index (χ1n) is 6.55. The maximum Gasteiger partial charge on any atom is 0.255 e. The third-order valence-electron chi connectivity index (χ3n) is 3.33. The van der Waals surface area contributed by atoms with E-state index in [9.17, 15) is 0 Å². The normalized spacial score (nSPS) is 12.7. The van der Waals surface area contributed by atoms with Crippen molar-refractivity contribution in [2.24, 2.45) is 0 Å². The van der Waals surface area contributed by atoms with Gasteiger partial charge in [-0.05, 0) is 23.4 Å². The van der Waals surface area contributed by atoms with Gasteiger partial charge in [-0.2, -0.15) is 0 Å². The number of aromatic nitrogens is 1. The molecule has 1 atom stereocenters. The maximum atomic E-state index is 5.28. The largest absolute Gasteiger partial charge is 0.440 e. The highest BCUT2D eigenvalue weighted by molar-refractivity contribution is 7.99. The highest BCUT2D eigenvalue weighted by Crippen LogP contribution is 2.28. The zero-order valence-electron chi connectivity index (χ0n) is 11.2. The van der Waals surface area contributed by atoms with Crippen molar-refractivity contribution in [1.82, 2.24) is 10.3 Å². The maximum absolute atomic E-state index is 5.28. The van der Waals surface area contributed by atoms with Crippen LogP contribution in [0.3, 0.4) is 0 Å². The number of hydrogen-bond donors (Lipinski definition) is 1. The molecule has 0 bridgehead atoms. The number of thioether (sulfide) groups is 1. The molecule has 0 aliphatic carbocycles. The lowest BCUT2D eigenvalue weighted by molar-refractivity contribution is 0.453. The summed E-state index contributed by atoms with van der Waals surface area (Å²) in [6.45, 7) is 0. The van der Waals surface area contributed by atoms with E-state index < -0.39 is 0 Å². The first-order valence-corrected chi connectivity index (χ1v) is 7.54. The third-order valence-corrected chi connectivity index (χ3v) is 4.28. The van der Waals surface area contributed by atoms with Gasteiger partial charge in [0.25, 0.3) is 5.22 Å². The van der Waals surface area contributed by atoms with E-state index in [1.807, 2.05) is 7.05 Å². The van der Waals surface area contributed by atoms with Crippen molar-refractivity contribution in [3.8, 4) is 0 Å². The van der Waals surface area contributed by atoms with Gasteiger partial charge in [0.15, 0.2) is 0 Å². The van der Waals surface area contributed by atoms with Crippen LogP contribution in [0.5, 0.6) is 0 Å². The number of nitrogens with zero attached hydrogens (tertiary/aromatic N) is 1. The van der Waals surface area contributed by atoms with Crippen LogP contribution in [0.25, 0.3) is 10.8 Å². The van der Waals surface area contributed by atoms with Crippen molar-refractivity contribution >= 4 is 22.5 Å². The van der Waals surface area contributed by atoms with E-state index in [1.165, 1.54) is 16.3 Å². The van der Waals surface area contributed by atoms with Crippen LogP contribution in [0.15, 0.2) is 64.6 Å². The fraction of sp³-hybridized carbons (Fsp3) is 0.188. The second-order valence-corrected chi connectivity index (χ2v) is 5.49. The van der Waals surface area contributed by atoms with Crippen LogP contribution >= 0.6 is 11.8 Å². The predicted octanol–water partition coefficient (Wildman–Crippen LogP) is 3.88. The Labute approximate surface area is 122 Å². The lowest BCUT2D eigenvalue weighted by atomic mass is 10.00. The summed E-state index contributed by atoms with van der Waals surface area (Å²) in [7, 11) is 1.99. The fourth-order valence-corrected chi connectivity index (χ4v) is 3.23. The molecule has 0 radical (unpaired) electrons. The Balaban J connectivity index is 1.87. The number of hydrogen-bond acceptors (Lipinski definition) is 4. The van der Waals surface area contributed by atoms with Gasteiger partial charge in [-0.15, -0.1) is 0 Å². The predicted molar refractivity (Wildman–Crippen MR) is 83.0 cm³/mol. The Hall–Kier alpha value is -1.78. The Bertz CT molecular complexity index is 677. The average molecular weight is 284 g/mol. The summed E-state index contributed by atoms with van der Waals surface area (Å²) in [6, 6.07) is 15.2. The molecule has 2 aromatic carbocycles. The molecule has 1 unspecified atom stereocenters. The molecule has 102 valence electrons. The van der Waals surface area contributed by atoms with Gasteiger partial charge >= 0.3 is 0 Å². The third kappa shape index (κ3) is 2.71. The number of rotatable bonds is 5.